The largest absolute Gasteiger partial charge is 0.492 e. The van der Waals surface area contributed by atoms with E-state index in [1.807, 2.05) is 26.0 Å². The van der Waals surface area contributed by atoms with Crippen LogP contribution in [0.5, 0.6) is 11.5 Å². The maximum Gasteiger partial charge on any atom is 0.289 e. The second-order valence-electron chi connectivity index (χ2n) is 7.55. The summed E-state index contributed by atoms with van der Waals surface area (Å²) in [5.74, 6) is 1.47. The van der Waals surface area contributed by atoms with Crippen molar-refractivity contribution in [2.45, 2.75) is 39.2 Å². The lowest BCUT2D eigenvalue weighted by Crippen LogP contribution is -2.41. The maximum absolute atomic E-state index is 12.9. The molecule has 0 radical (unpaired) electrons. The van der Waals surface area contributed by atoms with Gasteiger partial charge in [-0.15, -0.1) is 0 Å². The quantitative estimate of drug-likeness (QED) is 0.834. The fourth-order valence-corrected chi connectivity index (χ4v) is 3.95. The van der Waals surface area contributed by atoms with Crippen molar-refractivity contribution in [1.82, 2.24) is 4.90 Å². The highest BCUT2D eigenvalue weighted by atomic mass is 16.5. The zero-order valence-corrected chi connectivity index (χ0v) is 16.8. The van der Waals surface area contributed by atoms with Crippen molar-refractivity contribution in [3.05, 3.63) is 41.9 Å². The molecule has 7 heteroatoms. The van der Waals surface area contributed by atoms with Gasteiger partial charge in [-0.3, -0.25) is 9.59 Å². The highest BCUT2D eigenvalue weighted by Gasteiger charge is 2.30. The van der Waals surface area contributed by atoms with Crippen molar-refractivity contribution >= 4 is 17.5 Å². The van der Waals surface area contributed by atoms with Crippen molar-refractivity contribution < 1.29 is 23.5 Å². The molecule has 1 fully saturated rings. The molecule has 0 bridgehead atoms. The van der Waals surface area contributed by atoms with Gasteiger partial charge < -0.3 is 24.1 Å². The Morgan fingerprint density at radius 2 is 2.07 bits per heavy atom. The van der Waals surface area contributed by atoms with E-state index in [0.717, 1.165) is 17.7 Å². The van der Waals surface area contributed by atoms with Gasteiger partial charge in [0.2, 0.25) is 5.91 Å². The molecule has 1 aromatic carbocycles. The van der Waals surface area contributed by atoms with Crippen molar-refractivity contribution in [2.24, 2.45) is 5.92 Å². The van der Waals surface area contributed by atoms with Gasteiger partial charge in [-0.1, -0.05) is 0 Å². The van der Waals surface area contributed by atoms with Crippen molar-refractivity contribution in [1.29, 1.82) is 0 Å². The van der Waals surface area contributed by atoms with Crippen molar-refractivity contribution in [3.8, 4) is 11.5 Å². The molecule has 1 N–H and O–H groups in total. The summed E-state index contributed by atoms with van der Waals surface area (Å²) in [7, 11) is 0. The van der Waals surface area contributed by atoms with E-state index >= 15 is 0 Å². The molecule has 1 atom stereocenters. The van der Waals surface area contributed by atoms with Gasteiger partial charge in [-0.25, -0.2) is 0 Å². The molecule has 1 saturated heterocycles. The van der Waals surface area contributed by atoms with E-state index < -0.39 is 0 Å². The third kappa shape index (κ3) is 4.09. The van der Waals surface area contributed by atoms with E-state index in [4.69, 9.17) is 13.9 Å². The van der Waals surface area contributed by atoms with Crippen molar-refractivity contribution in [3.63, 3.8) is 0 Å². The van der Waals surface area contributed by atoms with Crippen LogP contribution in [0.25, 0.3) is 0 Å². The number of carbonyl (C=O) groups excluding carboxylic acids is 2. The standard InChI is InChI=1S/C22H26N2O5/c1-3-27-20-12-16-11-14(2)29-19(16)13-17(20)23-21(25)15-6-8-24(9-7-15)22(26)18-5-4-10-28-18/h4-5,10,12-15H,3,6-9,11H2,1-2H3,(H,23,25)/t14-/m0/s1. The van der Waals surface area contributed by atoms with Crippen LogP contribution in [0.4, 0.5) is 5.69 Å². The Hall–Kier alpha value is -2.96. The minimum absolute atomic E-state index is 0.0537. The summed E-state index contributed by atoms with van der Waals surface area (Å²) in [6.45, 7) is 5.52. The van der Waals surface area contributed by atoms with Crippen LogP contribution in [-0.4, -0.2) is 42.5 Å². The number of hydrogen-bond acceptors (Lipinski definition) is 5. The van der Waals surface area contributed by atoms with Gasteiger partial charge in [0.15, 0.2) is 5.76 Å². The summed E-state index contributed by atoms with van der Waals surface area (Å²) in [6, 6.07) is 7.18. The van der Waals surface area contributed by atoms with Crippen LogP contribution in [0.2, 0.25) is 0 Å². The molecule has 2 aromatic rings. The molecule has 1 aromatic heterocycles. The van der Waals surface area contributed by atoms with E-state index in [9.17, 15) is 9.59 Å². The highest BCUT2D eigenvalue weighted by Crippen LogP contribution is 2.38. The third-order valence-electron chi connectivity index (χ3n) is 5.44. The first-order chi connectivity index (χ1) is 14.0. The number of nitrogens with zero attached hydrogens (tertiary/aromatic N) is 1. The molecule has 3 heterocycles. The van der Waals surface area contributed by atoms with Crippen molar-refractivity contribution in [2.75, 3.05) is 25.0 Å². The predicted molar refractivity (Wildman–Crippen MR) is 107 cm³/mol. The second-order valence-corrected chi connectivity index (χ2v) is 7.55. The molecule has 0 aliphatic carbocycles. The number of ether oxygens (including phenoxy) is 2. The third-order valence-corrected chi connectivity index (χ3v) is 5.44. The van der Waals surface area contributed by atoms with Crippen LogP contribution in [-0.2, 0) is 11.2 Å². The number of nitrogens with one attached hydrogen (secondary N) is 1. The van der Waals surface area contributed by atoms with E-state index in [0.29, 0.717) is 49.7 Å². The summed E-state index contributed by atoms with van der Waals surface area (Å²) in [5, 5.41) is 3.02. The zero-order valence-electron chi connectivity index (χ0n) is 16.8. The first-order valence-corrected chi connectivity index (χ1v) is 10.1. The Morgan fingerprint density at radius 3 is 2.76 bits per heavy atom. The number of piperidine rings is 1. The van der Waals surface area contributed by atoms with Crippen LogP contribution < -0.4 is 14.8 Å². The summed E-state index contributed by atoms with van der Waals surface area (Å²) < 4.78 is 16.8. The number of amides is 2. The Morgan fingerprint density at radius 1 is 1.28 bits per heavy atom. The first-order valence-electron chi connectivity index (χ1n) is 10.1. The molecule has 0 saturated carbocycles. The number of furan rings is 1. The Bertz CT molecular complexity index is 885. The molecule has 29 heavy (non-hydrogen) atoms. The van der Waals surface area contributed by atoms with Gasteiger partial charge in [-0.05, 0) is 44.9 Å². The smallest absolute Gasteiger partial charge is 0.289 e. The average Bonchev–Trinajstić information content (AvgIpc) is 3.37. The average molecular weight is 398 g/mol. The van der Waals surface area contributed by atoms with Crippen LogP contribution in [0.3, 0.4) is 0 Å². The Labute approximate surface area is 170 Å². The minimum Gasteiger partial charge on any atom is -0.492 e. The molecule has 0 unspecified atom stereocenters. The normalized spacial score (nSPS) is 18.8. The number of anilines is 1. The number of likely N-dealkylation sites (tertiary alicyclic amines) is 1. The number of hydrogen-bond donors (Lipinski definition) is 1. The fraction of sp³-hybridized carbons (Fsp3) is 0.455. The van der Waals surface area contributed by atoms with Gasteiger partial charge in [0.05, 0.1) is 18.6 Å². The highest BCUT2D eigenvalue weighted by molar-refractivity contribution is 5.95. The molecule has 154 valence electrons. The Balaban J connectivity index is 1.40. The molecule has 2 amide bonds. The minimum atomic E-state index is -0.154. The van der Waals surface area contributed by atoms with Gasteiger partial charge >= 0.3 is 0 Å². The molecule has 2 aliphatic rings. The van der Waals surface area contributed by atoms with E-state index in [-0.39, 0.29) is 23.8 Å². The summed E-state index contributed by atoms with van der Waals surface area (Å²) in [5.41, 5.74) is 1.74. The van der Waals surface area contributed by atoms with Gasteiger partial charge in [-0.2, -0.15) is 0 Å². The first kappa shape index (κ1) is 19.4. The van der Waals surface area contributed by atoms with Crippen LogP contribution >= 0.6 is 0 Å². The number of carbonyl (C=O) groups is 2. The SMILES string of the molecule is CCOc1cc2c(cc1NC(=O)C1CCN(C(=O)c3ccco3)CC1)O[C@@H](C)C2. The van der Waals surface area contributed by atoms with Crippen LogP contribution in [0, 0.1) is 5.92 Å². The molecule has 2 aliphatic heterocycles. The summed E-state index contributed by atoms with van der Waals surface area (Å²) in [6.07, 6.45) is 3.68. The predicted octanol–water partition coefficient (Wildman–Crippen LogP) is 3.49. The lowest BCUT2D eigenvalue weighted by Gasteiger charge is -2.30. The van der Waals surface area contributed by atoms with E-state index in [1.165, 1.54) is 6.26 Å². The molecular weight excluding hydrogens is 372 g/mol. The second kappa shape index (κ2) is 8.19. The number of fused-ring (bicyclic) bond motifs is 1. The topological polar surface area (TPSA) is 81.0 Å². The van der Waals surface area contributed by atoms with E-state index in [1.54, 1.807) is 17.0 Å². The molecular formula is C22H26N2O5. The maximum atomic E-state index is 12.9. The van der Waals surface area contributed by atoms with Gasteiger partial charge in [0.1, 0.15) is 17.6 Å². The van der Waals surface area contributed by atoms with Crippen LogP contribution in [0.1, 0.15) is 42.8 Å². The summed E-state index contributed by atoms with van der Waals surface area (Å²) >= 11 is 0. The fourth-order valence-electron chi connectivity index (χ4n) is 3.95. The summed E-state index contributed by atoms with van der Waals surface area (Å²) in [4.78, 5) is 27.0. The van der Waals surface area contributed by atoms with Crippen LogP contribution in [0.15, 0.2) is 34.9 Å². The Kier molecular flexibility index (Phi) is 5.47. The molecule has 4 rings (SSSR count). The van der Waals surface area contributed by atoms with E-state index in [2.05, 4.69) is 5.32 Å². The number of benzene rings is 1. The molecule has 0 spiro atoms. The van der Waals surface area contributed by atoms with Gasteiger partial charge in [0.25, 0.3) is 5.91 Å². The van der Waals surface area contributed by atoms with Gasteiger partial charge in [0, 0.05) is 37.1 Å². The lowest BCUT2D eigenvalue weighted by atomic mass is 9.95. The number of rotatable bonds is 5. The molecule has 7 nitrogen and oxygen atoms in total. The lowest BCUT2D eigenvalue weighted by molar-refractivity contribution is -0.121. The monoisotopic (exact) mass is 398 g/mol. The zero-order chi connectivity index (χ0) is 20.4.